The maximum atomic E-state index is 12.8. The van der Waals surface area contributed by atoms with Gasteiger partial charge in [-0.25, -0.2) is 8.42 Å². The summed E-state index contributed by atoms with van der Waals surface area (Å²) in [6, 6.07) is 12.1. The number of carboxylic acids is 1. The molecule has 1 atom stereocenters. The van der Waals surface area contributed by atoms with Crippen LogP contribution in [0, 0.1) is 0 Å². The summed E-state index contributed by atoms with van der Waals surface area (Å²) >= 11 is 5.95. The van der Waals surface area contributed by atoms with Gasteiger partial charge in [-0.15, -0.1) is 0 Å². The van der Waals surface area contributed by atoms with Gasteiger partial charge in [-0.2, -0.15) is 0 Å². The van der Waals surface area contributed by atoms with Crippen LogP contribution in [0.1, 0.15) is 18.0 Å². The highest BCUT2D eigenvalue weighted by molar-refractivity contribution is 7.93. The Morgan fingerprint density at radius 1 is 1.18 bits per heavy atom. The van der Waals surface area contributed by atoms with Crippen LogP contribution in [0.5, 0.6) is 0 Å². The number of halogens is 1. The Bertz CT molecular complexity index is 836. The highest BCUT2D eigenvalue weighted by Gasteiger charge is 2.43. The quantitative estimate of drug-likeness (QED) is 0.934. The van der Waals surface area contributed by atoms with Gasteiger partial charge in [-0.3, -0.25) is 9.10 Å². The predicted molar refractivity (Wildman–Crippen MR) is 82.6 cm³/mol. The smallest absolute Gasteiger partial charge is 0.305 e. The van der Waals surface area contributed by atoms with E-state index in [1.165, 1.54) is 18.2 Å². The van der Waals surface area contributed by atoms with Gasteiger partial charge in [0.1, 0.15) is 0 Å². The minimum Gasteiger partial charge on any atom is -0.481 e. The SMILES string of the molecule is O=C(O)CC1c2cc(Cl)ccc2S(=O)(=O)N1c1ccccc1. The Kier molecular flexibility index (Phi) is 3.58. The topological polar surface area (TPSA) is 74.7 Å². The number of para-hydroxylation sites is 1. The molecule has 1 aliphatic rings. The van der Waals surface area contributed by atoms with Gasteiger partial charge in [0, 0.05) is 5.02 Å². The molecule has 5 nitrogen and oxygen atoms in total. The average Bonchev–Trinajstić information content (AvgIpc) is 2.66. The van der Waals surface area contributed by atoms with Crippen LogP contribution in [0.3, 0.4) is 0 Å². The minimum atomic E-state index is -3.80. The first-order chi connectivity index (χ1) is 10.4. The first-order valence-corrected chi connectivity index (χ1v) is 8.34. The van der Waals surface area contributed by atoms with E-state index in [0.29, 0.717) is 16.3 Å². The van der Waals surface area contributed by atoms with E-state index in [-0.39, 0.29) is 11.3 Å². The van der Waals surface area contributed by atoms with E-state index in [0.717, 1.165) is 4.31 Å². The number of hydrogen-bond acceptors (Lipinski definition) is 3. The van der Waals surface area contributed by atoms with Crippen molar-refractivity contribution in [1.29, 1.82) is 0 Å². The summed E-state index contributed by atoms with van der Waals surface area (Å²) in [6.45, 7) is 0. The molecule has 1 unspecified atom stereocenters. The van der Waals surface area contributed by atoms with E-state index >= 15 is 0 Å². The van der Waals surface area contributed by atoms with Crippen LogP contribution < -0.4 is 4.31 Å². The maximum absolute atomic E-state index is 12.8. The van der Waals surface area contributed by atoms with Gasteiger partial charge in [0.25, 0.3) is 10.0 Å². The van der Waals surface area contributed by atoms with Crippen molar-refractivity contribution in [2.24, 2.45) is 0 Å². The van der Waals surface area contributed by atoms with E-state index in [9.17, 15) is 13.2 Å². The number of carboxylic acid groups (broad SMARTS) is 1. The van der Waals surface area contributed by atoms with Gasteiger partial charge in [-0.1, -0.05) is 29.8 Å². The number of carbonyl (C=O) groups is 1. The van der Waals surface area contributed by atoms with E-state index in [1.54, 1.807) is 30.3 Å². The maximum Gasteiger partial charge on any atom is 0.305 e. The summed E-state index contributed by atoms with van der Waals surface area (Å²) < 4.78 is 26.7. The van der Waals surface area contributed by atoms with Gasteiger partial charge in [0.05, 0.1) is 23.0 Å². The van der Waals surface area contributed by atoms with Crippen molar-refractivity contribution in [3.63, 3.8) is 0 Å². The molecule has 1 N–H and O–H groups in total. The molecule has 1 aliphatic heterocycles. The lowest BCUT2D eigenvalue weighted by molar-refractivity contribution is -0.137. The van der Waals surface area contributed by atoms with Crippen LogP contribution in [-0.4, -0.2) is 19.5 Å². The lowest BCUT2D eigenvalue weighted by atomic mass is 10.0. The van der Waals surface area contributed by atoms with E-state index < -0.39 is 22.0 Å². The van der Waals surface area contributed by atoms with Crippen molar-refractivity contribution in [3.8, 4) is 0 Å². The monoisotopic (exact) mass is 337 g/mol. The molecule has 3 rings (SSSR count). The second kappa shape index (κ2) is 5.30. The molecule has 0 radical (unpaired) electrons. The molecule has 0 spiro atoms. The second-order valence-electron chi connectivity index (χ2n) is 4.93. The second-order valence-corrected chi connectivity index (χ2v) is 7.15. The Labute approximate surface area is 132 Å². The molecule has 0 saturated carbocycles. The highest BCUT2D eigenvalue weighted by atomic mass is 35.5. The summed E-state index contributed by atoms with van der Waals surface area (Å²) in [5.41, 5.74) is 0.847. The zero-order valence-corrected chi connectivity index (χ0v) is 12.9. The average molecular weight is 338 g/mol. The molecule has 0 aliphatic carbocycles. The van der Waals surface area contributed by atoms with Crippen molar-refractivity contribution >= 4 is 33.3 Å². The van der Waals surface area contributed by atoms with Gasteiger partial charge >= 0.3 is 5.97 Å². The van der Waals surface area contributed by atoms with Crippen LogP contribution in [0.2, 0.25) is 5.02 Å². The van der Waals surface area contributed by atoms with E-state index in [1.807, 2.05) is 0 Å². The third-order valence-corrected chi connectivity index (χ3v) is 5.68. The lowest BCUT2D eigenvalue weighted by Crippen LogP contribution is -2.29. The van der Waals surface area contributed by atoms with Crippen LogP contribution in [0.15, 0.2) is 53.4 Å². The number of rotatable bonds is 3. The van der Waals surface area contributed by atoms with Gasteiger partial charge in [-0.05, 0) is 35.9 Å². The molecule has 7 heteroatoms. The molecule has 2 aromatic rings. The molecular weight excluding hydrogens is 326 g/mol. The first kappa shape index (κ1) is 14.9. The minimum absolute atomic E-state index is 0.104. The summed E-state index contributed by atoms with van der Waals surface area (Å²) in [5.74, 6) is -1.08. The number of anilines is 1. The van der Waals surface area contributed by atoms with E-state index in [2.05, 4.69) is 0 Å². The van der Waals surface area contributed by atoms with Crippen molar-refractivity contribution in [3.05, 3.63) is 59.1 Å². The fourth-order valence-corrected chi connectivity index (χ4v) is 4.71. The third kappa shape index (κ3) is 2.34. The Hall–Kier alpha value is -2.05. The number of sulfonamides is 1. The number of fused-ring (bicyclic) bond motifs is 1. The van der Waals surface area contributed by atoms with Crippen molar-refractivity contribution in [2.45, 2.75) is 17.4 Å². The summed E-state index contributed by atoms with van der Waals surface area (Å²) in [7, 11) is -3.80. The van der Waals surface area contributed by atoms with Crippen LogP contribution in [-0.2, 0) is 14.8 Å². The molecule has 0 saturated heterocycles. The van der Waals surface area contributed by atoms with Crippen molar-refractivity contribution in [1.82, 2.24) is 0 Å². The normalized spacial score (nSPS) is 19.0. The zero-order valence-electron chi connectivity index (χ0n) is 11.3. The van der Waals surface area contributed by atoms with Gasteiger partial charge < -0.3 is 5.11 Å². The van der Waals surface area contributed by atoms with Crippen molar-refractivity contribution in [2.75, 3.05) is 4.31 Å². The number of aliphatic carboxylic acids is 1. The molecule has 0 bridgehead atoms. The number of nitrogens with zero attached hydrogens (tertiary/aromatic N) is 1. The zero-order chi connectivity index (χ0) is 15.9. The van der Waals surface area contributed by atoms with Gasteiger partial charge in [0.2, 0.25) is 0 Å². The first-order valence-electron chi connectivity index (χ1n) is 6.52. The van der Waals surface area contributed by atoms with Crippen LogP contribution in [0.4, 0.5) is 5.69 Å². The molecule has 22 heavy (non-hydrogen) atoms. The Balaban J connectivity index is 2.22. The van der Waals surface area contributed by atoms with Crippen LogP contribution in [0.25, 0.3) is 0 Å². The largest absolute Gasteiger partial charge is 0.481 e. The Morgan fingerprint density at radius 2 is 1.86 bits per heavy atom. The highest BCUT2D eigenvalue weighted by Crippen LogP contribution is 2.45. The standard InChI is InChI=1S/C15H12ClNO4S/c16-10-6-7-14-12(8-10)13(9-15(18)19)17(22(14,20)21)11-4-2-1-3-5-11/h1-8,13H,9H2,(H,18,19). The molecule has 0 amide bonds. The summed E-state index contributed by atoms with van der Waals surface area (Å²) in [4.78, 5) is 11.3. The molecule has 0 fully saturated rings. The Morgan fingerprint density at radius 3 is 2.50 bits per heavy atom. The third-order valence-electron chi connectivity index (χ3n) is 3.53. The van der Waals surface area contributed by atoms with Crippen molar-refractivity contribution < 1.29 is 18.3 Å². The summed E-state index contributed by atoms with van der Waals surface area (Å²) in [5, 5.41) is 9.52. The predicted octanol–water partition coefficient (Wildman–Crippen LogP) is 3.06. The number of benzene rings is 2. The molecule has 0 aromatic heterocycles. The molecule has 1 heterocycles. The van der Waals surface area contributed by atoms with E-state index in [4.69, 9.17) is 16.7 Å². The lowest BCUT2D eigenvalue weighted by Gasteiger charge is -2.24. The fraction of sp³-hybridized carbons (Fsp3) is 0.133. The van der Waals surface area contributed by atoms with Crippen LogP contribution >= 0.6 is 11.6 Å². The molecule has 114 valence electrons. The van der Waals surface area contributed by atoms with Gasteiger partial charge in [0.15, 0.2) is 0 Å². The fourth-order valence-electron chi connectivity index (χ4n) is 2.67. The summed E-state index contributed by atoms with van der Waals surface area (Å²) in [6.07, 6.45) is -0.332. The molecular formula is C15H12ClNO4S. The molecule has 2 aromatic carbocycles. The number of hydrogen-bond donors (Lipinski definition) is 1.